The molecule has 0 aromatic heterocycles. The summed E-state index contributed by atoms with van der Waals surface area (Å²) >= 11 is 6.09. The summed E-state index contributed by atoms with van der Waals surface area (Å²) in [6.07, 6.45) is -0.768. The number of hydrogen-bond donors (Lipinski definition) is 3. The first-order valence-electron chi connectivity index (χ1n) is 7.60. The Morgan fingerprint density at radius 3 is 2.36 bits per heavy atom. The van der Waals surface area contributed by atoms with Crippen LogP contribution in [0.1, 0.15) is 19.4 Å². The third-order valence-corrected chi connectivity index (χ3v) is 3.67. The minimum atomic E-state index is -0.768. The lowest BCUT2D eigenvalue weighted by Crippen LogP contribution is -2.30. The molecular formula is C18H19ClN2O4. The molecule has 132 valence electrons. The van der Waals surface area contributed by atoms with Crippen LogP contribution in [-0.4, -0.2) is 23.0 Å². The summed E-state index contributed by atoms with van der Waals surface area (Å²) in [6, 6.07) is 9.95. The Kier molecular flexibility index (Phi) is 5.88. The fourth-order valence-corrected chi connectivity index (χ4v) is 2.27. The molecule has 1 atom stereocenters. The summed E-state index contributed by atoms with van der Waals surface area (Å²) in [5, 5.41) is 15.1. The predicted molar refractivity (Wildman–Crippen MR) is 97.3 cm³/mol. The standard InChI is InChI=1S/C18H19ClN2O4/c1-10-4-6-13(7-5-10)25-11(2)18(24)21-15-9-17(23)16(8-14(15)19)20-12(3)22/h4-9,11,23H,1-3H3,(H,20,22)(H,21,24). The summed E-state index contributed by atoms with van der Waals surface area (Å²) in [5.74, 6) is -0.400. The van der Waals surface area contributed by atoms with E-state index in [-0.39, 0.29) is 28.1 Å². The molecular weight excluding hydrogens is 344 g/mol. The highest BCUT2D eigenvalue weighted by molar-refractivity contribution is 6.34. The van der Waals surface area contributed by atoms with E-state index in [0.29, 0.717) is 5.75 Å². The highest BCUT2D eigenvalue weighted by Gasteiger charge is 2.17. The number of carbonyl (C=O) groups excluding carboxylic acids is 2. The smallest absolute Gasteiger partial charge is 0.265 e. The molecule has 7 heteroatoms. The van der Waals surface area contributed by atoms with E-state index < -0.39 is 12.0 Å². The number of aryl methyl sites for hydroxylation is 1. The van der Waals surface area contributed by atoms with Crippen LogP contribution in [0.2, 0.25) is 5.02 Å². The van der Waals surface area contributed by atoms with Crippen molar-refractivity contribution in [2.75, 3.05) is 10.6 Å². The number of amides is 2. The third kappa shape index (κ3) is 5.12. The van der Waals surface area contributed by atoms with Gasteiger partial charge in [-0.25, -0.2) is 0 Å². The molecule has 0 fully saturated rings. The van der Waals surface area contributed by atoms with Crippen LogP contribution >= 0.6 is 11.6 Å². The quantitative estimate of drug-likeness (QED) is 0.707. The number of halogens is 1. The van der Waals surface area contributed by atoms with E-state index in [1.54, 1.807) is 19.1 Å². The predicted octanol–water partition coefficient (Wildman–Crippen LogP) is 3.72. The van der Waals surface area contributed by atoms with Crippen molar-refractivity contribution >= 4 is 34.8 Å². The Balaban J connectivity index is 2.07. The van der Waals surface area contributed by atoms with Crippen molar-refractivity contribution in [3.8, 4) is 11.5 Å². The zero-order valence-electron chi connectivity index (χ0n) is 14.1. The third-order valence-electron chi connectivity index (χ3n) is 3.36. The van der Waals surface area contributed by atoms with Crippen molar-refractivity contribution in [3.05, 3.63) is 47.0 Å². The maximum atomic E-state index is 12.3. The molecule has 2 amide bonds. The lowest BCUT2D eigenvalue weighted by atomic mass is 10.2. The van der Waals surface area contributed by atoms with Crippen LogP contribution in [0.4, 0.5) is 11.4 Å². The van der Waals surface area contributed by atoms with Crippen LogP contribution in [0.25, 0.3) is 0 Å². The highest BCUT2D eigenvalue weighted by atomic mass is 35.5. The summed E-state index contributed by atoms with van der Waals surface area (Å²) in [4.78, 5) is 23.3. The van der Waals surface area contributed by atoms with E-state index in [1.165, 1.54) is 19.1 Å². The molecule has 6 nitrogen and oxygen atoms in total. The molecule has 1 unspecified atom stereocenters. The number of carbonyl (C=O) groups is 2. The van der Waals surface area contributed by atoms with Crippen LogP contribution in [0, 0.1) is 6.92 Å². The minimum Gasteiger partial charge on any atom is -0.506 e. The van der Waals surface area contributed by atoms with E-state index in [0.717, 1.165) is 5.56 Å². The van der Waals surface area contributed by atoms with Crippen molar-refractivity contribution < 1.29 is 19.4 Å². The van der Waals surface area contributed by atoms with E-state index in [1.807, 2.05) is 19.1 Å². The van der Waals surface area contributed by atoms with Crippen molar-refractivity contribution in [1.29, 1.82) is 0 Å². The Hall–Kier alpha value is -2.73. The van der Waals surface area contributed by atoms with E-state index >= 15 is 0 Å². The molecule has 0 aliphatic heterocycles. The summed E-state index contributed by atoms with van der Waals surface area (Å²) in [5.41, 5.74) is 1.48. The largest absolute Gasteiger partial charge is 0.506 e. The topological polar surface area (TPSA) is 87.7 Å². The second kappa shape index (κ2) is 7.90. The van der Waals surface area contributed by atoms with Gasteiger partial charge in [-0.1, -0.05) is 29.3 Å². The minimum absolute atomic E-state index is 0.166. The second-order valence-corrected chi connectivity index (χ2v) is 6.00. The number of ether oxygens (including phenoxy) is 1. The molecule has 0 heterocycles. The molecule has 0 aliphatic rings. The van der Waals surface area contributed by atoms with Crippen LogP contribution in [0.3, 0.4) is 0 Å². The van der Waals surface area contributed by atoms with Gasteiger partial charge in [-0.2, -0.15) is 0 Å². The van der Waals surface area contributed by atoms with Crippen LogP contribution in [0.15, 0.2) is 36.4 Å². The lowest BCUT2D eigenvalue weighted by molar-refractivity contribution is -0.122. The zero-order chi connectivity index (χ0) is 18.6. The number of anilines is 2. The number of hydrogen-bond acceptors (Lipinski definition) is 4. The average Bonchev–Trinajstić information content (AvgIpc) is 2.53. The van der Waals surface area contributed by atoms with Gasteiger partial charge in [0, 0.05) is 13.0 Å². The molecule has 0 bridgehead atoms. The molecule has 0 saturated heterocycles. The SMILES string of the molecule is CC(=O)Nc1cc(Cl)c(NC(=O)C(C)Oc2ccc(C)cc2)cc1O. The maximum Gasteiger partial charge on any atom is 0.265 e. The number of benzene rings is 2. The second-order valence-electron chi connectivity index (χ2n) is 5.59. The Morgan fingerprint density at radius 2 is 1.76 bits per heavy atom. The van der Waals surface area contributed by atoms with Gasteiger partial charge in [0.25, 0.3) is 5.91 Å². The van der Waals surface area contributed by atoms with Gasteiger partial charge in [0.2, 0.25) is 5.91 Å². The lowest BCUT2D eigenvalue weighted by Gasteiger charge is -2.16. The normalized spacial score (nSPS) is 11.5. The van der Waals surface area contributed by atoms with Crippen molar-refractivity contribution in [2.45, 2.75) is 26.9 Å². The van der Waals surface area contributed by atoms with E-state index in [4.69, 9.17) is 16.3 Å². The molecule has 2 rings (SSSR count). The van der Waals surface area contributed by atoms with Gasteiger partial charge in [0.05, 0.1) is 16.4 Å². The molecule has 0 spiro atoms. The Bertz CT molecular complexity index is 790. The van der Waals surface area contributed by atoms with Crippen LogP contribution < -0.4 is 15.4 Å². The Labute approximate surface area is 150 Å². The van der Waals surface area contributed by atoms with Gasteiger partial charge in [-0.3, -0.25) is 9.59 Å². The number of rotatable bonds is 5. The first kappa shape index (κ1) is 18.6. The van der Waals surface area contributed by atoms with Crippen molar-refractivity contribution in [3.63, 3.8) is 0 Å². The molecule has 2 aromatic rings. The number of phenolic OH excluding ortho intramolecular Hbond substituents is 1. The molecule has 2 aromatic carbocycles. The van der Waals surface area contributed by atoms with E-state index in [9.17, 15) is 14.7 Å². The summed E-state index contributed by atoms with van der Waals surface area (Å²) < 4.78 is 5.58. The van der Waals surface area contributed by atoms with Crippen LogP contribution in [0.5, 0.6) is 11.5 Å². The van der Waals surface area contributed by atoms with Crippen LogP contribution in [-0.2, 0) is 9.59 Å². The van der Waals surface area contributed by atoms with Gasteiger partial charge in [-0.05, 0) is 32.0 Å². The Morgan fingerprint density at radius 1 is 1.12 bits per heavy atom. The monoisotopic (exact) mass is 362 g/mol. The number of aromatic hydroxyl groups is 1. The van der Waals surface area contributed by atoms with Crippen molar-refractivity contribution in [1.82, 2.24) is 0 Å². The average molecular weight is 363 g/mol. The fourth-order valence-electron chi connectivity index (χ4n) is 2.06. The molecule has 25 heavy (non-hydrogen) atoms. The maximum absolute atomic E-state index is 12.3. The first-order valence-corrected chi connectivity index (χ1v) is 7.98. The number of phenols is 1. The van der Waals surface area contributed by atoms with E-state index in [2.05, 4.69) is 10.6 Å². The van der Waals surface area contributed by atoms with Gasteiger partial charge < -0.3 is 20.5 Å². The first-order chi connectivity index (χ1) is 11.8. The molecule has 0 saturated carbocycles. The summed E-state index contributed by atoms with van der Waals surface area (Å²) in [6.45, 7) is 4.88. The number of nitrogens with one attached hydrogen (secondary N) is 2. The molecule has 3 N–H and O–H groups in total. The highest BCUT2D eigenvalue weighted by Crippen LogP contribution is 2.34. The van der Waals surface area contributed by atoms with Gasteiger partial charge in [-0.15, -0.1) is 0 Å². The van der Waals surface area contributed by atoms with Gasteiger partial charge in [0.1, 0.15) is 11.5 Å². The molecule has 0 aliphatic carbocycles. The van der Waals surface area contributed by atoms with Gasteiger partial charge in [0.15, 0.2) is 6.10 Å². The summed E-state index contributed by atoms with van der Waals surface area (Å²) in [7, 11) is 0. The zero-order valence-corrected chi connectivity index (χ0v) is 14.8. The van der Waals surface area contributed by atoms with Crippen molar-refractivity contribution in [2.24, 2.45) is 0 Å². The fraction of sp³-hybridized carbons (Fsp3) is 0.222. The molecule has 0 radical (unpaired) electrons. The van der Waals surface area contributed by atoms with Gasteiger partial charge >= 0.3 is 0 Å².